The van der Waals surface area contributed by atoms with Crippen LogP contribution in [-0.2, 0) is 6.54 Å². The largest absolute Gasteiger partial charge is 0.496 e. The number of hydrogen-bond donors (Lipinski definition) is 1. The molecule has 0 unspecified atom stereocenters. The molecular weight excluding hydrogens is 378 g/mol. The Hall–Kier alpha value is -3.86. The Morgan fingerprint density at radius 2 is 1.70 bits per heavy atom. The van der Waals surface area contributed by atoms with Crippen LogP contribution in [0.1, 0.15) is 21.5 Å². The average molecular weight is 399 g/mol. The zero-order valence-corrected chi connectivity index (χ0v) is 16.8. The lowest BCUT2D eigenvalue weighted by atomic mass is 10.0. The highest BCUT2D eigenvalue weighted by atomic mass is 16.5. The summed E-state index contributed by atoms with van der Waals surface area (Å²) in [7, 11) is 1.59. The highest BCUT2D eigenvalue weighted by Gasteiger charge is 2.18. The van der Waals surface area contributed by atoms with Gasteiger partial charge in [0.25, 0.3) is 5.91 Å². The van der Waals surface area contributed by atoms with Crippen LogP contribution < -0.4 is 15.5 Å². The summed E-state index contributed by atoms with van der Waals surface area (Å²) in [6.45, 7) is 2.03. The molecule has 5 nitrogen and oxygen atoms in total. The molecule has 1 heterocycles. The van der Waals surface area contributed by atoms with Crippen molar-refractivity contribution in [1.29, 1.82) is 0 Å². The van der Waals surface area contributed by atoms with Crippen LogP contribution in [0.15, 0.2) is 82.0 Å². The van der Waals surface area contributed by atoms with E-state index >= 15 is 0 Å². The molecule has 0 aliphatic rings. The van der Waals surface area contributed by atoms with Crippen LogP contribution in [0.3, 0.4) is 0 Å². The van der Waals surface area contributed by atoms with Crippen molar-refractivity contribution in [2.45, 2.75) is 13.5 Å². The average Bonchev–Trinajstić information content (AvgIpc) is 2.80. The predicted molar refractivity (Wildman–Crippen MR) is 117 cm³/mol. The van der Waals surface area contributed by atoms with Crippen molar-refractivity contribution in [3.05, 3.63) is 99.7 Å². The lowest BCUT2D eigenvalue weighted by Crippen LogP contribution is -2.23. The van der Waals surface area contributed by atoms with Crippen LogP contribution in [0.2, 0.25) is 0 Å². The van der Waals surface area contributed by atoms with E-state index in [0.29, 0.717) is 34.6 Å². The molecule has 3 aromatic carbocycles. The van der Waals surface area contributed by atoms with Crippen LogP contribution in [0.25, 0.3) is 22.3 Å². The molecule has 0 aliphatic carbocycles. The SMILES string of the molecule is COc1ccccc1CNC(=O)c1cccc2c(=O)c(C)c(-c3ccccc3)oc12. The highest BCUT2D eigenvalue weighted by Crippen LogP contribution is 2.27. The predicted octanol–water partition coefficient (Wildman–Crippen LogP) is 4.71. The fourth-order valence-corrected chi connectivity index (χ4v) is 3.47. The van der Waals surface area contributed by atoms with E-state index < -0.39 is 0 Å². The molecule has 0 saturated heterocycles. The van der Waals surface area contributed by atoms with Gasteiger partial charge in [0.15, 0.2) is 11.0 Å². The third-order valence-electron chi connectivity index (χ3n) is 5.06. The van der Waals surface area contributed by atoms with Gasteiger partial charge in [-0.2, -0.15) is 0 Å². The van der Waals surface area contributed by atoms with Gasteiger partial charge in [-0.3, -0.25) is 9.59 Å². The molecule has 30 heavy (non-hydrogen) atoms. The molecule has 150 valence electrons. The number of rotatable bonds is 5. The van der Waals surface area contributed by atoms with Gasteiger partial charge < -0.3 is 14.5 Å². The van der Waals surface area contributed by atoms with Crippen molar-refractivity contribution >= 4 is 16.9 Å². The van der Waals surface area contributed by atoms with Gasteiger partial charge in [-0.25, -0.2) is 0 Å². The summed E-state index contributed by atoms with van der Waals surface area (Å²) in [5, 5.41) is 3.28. The third kappa shape index (κ3) is 3.57. The second-order valence-electron chi connectivity index (χ2n) is 6.93. The number of ether oxygens (including phenoxy) is 1. The molecule has 0 bridgehead atoms. The van der Waals surface area contributed by atoms with Crippen LogP contribution in [-0.4, -0.2) is 13.0 Å². The molecule has 0 spiro atoms. The number of carbonyl (C=O) groups is 1. The van der Waals surface area contributed by atoms with E-state index in [-0.39, 0.29) is 16.9 Å². The Labute approximate surface area is 173 Å². The molecule has 4 aromatic rings. The summed E-state index contributed by atoms with van der Waals surface area (Å²) in [5.41, 5.74) is 2.62. The van der Waals surface area contributed by atoms with Crippen LogP contribution in [0.5, 0.6) is 5.75 Å². The van der Waals surface area contributed by atoms with Gasteiger partial charge >= 0.3 is 0 Å². The van der Waals surface area contributed by atoms with E-state index in [4.69, 9.17) is 9.15 Å². The maximum Gasteiger partial charge on any atom is 0.255 e. The lowest BCUT2D eigenvalue weighted by molar-refractivity contribution is 0.0951. The van der Waals surface area contributed by atoms with Crippen molar-refractivity contribution in [1.82, 2.24) is 5.32 Å². The molecule has 0 aliphatic heterocycles. The number of benzene rings is 3. The highest BCUT2D eigenvalue weighted by molar-refractivity contribution is 6.05. The molecule has 1 amide bonds. The minimum Gasteiger partial charge on any atom is -0.496 e. The van der Waals surface area contributed by atoms with E-state index in [2.05, 4.69) is 5.32 Å². The smallest absolute Gasteiger partial charge is 0.255 e. The van der Waals surface area contributed by atoms with Crippen molar-refractivity contribution in [2.24, 2.45) is 0 Å². The van der Waals surface area contributed by atoms with E-state index in [9.17, 15) is 9.59 Å². The maximum absolute atomic E-state index is 13.0. The van der Waals surface area contributed by atoms with Gasteiger partial charge in [-0.05, 0) is 25.1 Å². The number of carbonyl (C=O) groups excluding carboxylic acids is 1. The van der Waals surface area contributed by atoms with Gasteiger partial charge in [0.05, 0.1) is 18.1 Å². The normalized spacial score (nSPS) is 10.7. The first kappa shape index (κ1) is 19.5. The summed E-state index contributed by atoms with van der Waals surface area (Å²) in [6.07, 6.45) is 0. The number of fused-ring (bicyclic) bond motifs is 1. The van der Waals surface area contributed by atoms with Crippen molar-refractivity contribution in [3.8, 4) is 17.1 Å². The summed E-state index contributed by atoms with van der Waals surface area (Å²) in [6, 6.07) is 21.9. The van der Waals surface area contributed by atoms with Crippen molar-refractivity contribution in [3.63, 3.8) is 0 Å². The van der Waals surface area contributed by atoms with Crippen LogP contribution in [0.4, 0.5) is 0 Å². The molecule has 5 heteroatoms. The van der Waals surface area contributed by atoms with Crippen LogP contribution >= 0.6 is 0 Å². The molecule has 1 aromatic heterocycles. The van der Waals surface area contributed by atoms with Crippen molar-refractivity contribution in [2.75, 3.05) is 7.11 Å². The topological polar surface area (TPSA) is 68.5 Å². The van der Waals surface area contributed by atoms with E-state index in [1.807, 2.05) is 54.6 Å². The third-order valence-corrected chi connectivity index (χ3v) is 5.06. The maximum atomic E-state index is 13.0. The second kappa shape index (κ2) is 8.25. The fourth-order valence-electron chi connectivity index (χ4n) is 3.47. The molecular formula is C25H21NO4. The van der Waals surface area contributed by atoms with Gasteiger partial charge in [-0.1, -0.05) is 54.6 Å². The zero-order valence-electron chi connectivity index (χ0n) is 16.8. The number of nitrogens with one attached hydrogen (secondary N) is 1. The Balaban J connectivity index is 1.75. The monoisotopic (exact) mass is 399 g/mol. The lowest BCUT2D eigenvalue weighted by Gasteiger charge is -2.12. The summed E-state index contributed by atoms with van der Waals surface area (Å²) in [4.78, 5) is 25.9. The summed E-state index contributed by atoms with van der Waals surface area (Å²) in [5.74, 6) is 0.847. The number of para-hydroxylation sites is 2. The van der Waals surface area contributed by atoms with Gasteiger partial charge in [-0.15, -0.1) is 0 Å². The Bertz CT molecular complexity index is 1280. The first-order valence-corrected chi connectivity index (χ1v) is 9.62. The second-order valence-corrected chi connectivity index (χ2v) is 6.93. The van der Waals surface area contributed by atoms with Crippen molar-refractivity contribution < 1.29 is 13.9 Å². The number of amides is 1. The molecule has 1 N–H and O–H groups in total. The van der Waals surface area contributed by atoms with E-state index in [1.165, 1.54) is 0 Å². The Morgan fingerprint density at radius 3 is 2.47 bits per heavy atom. The minimum atomic E-state index is -0.322. The molecule has 0 fully saturated rings. The molecule has 4 rings (SSSR count). The first-order valence-electron chi connectivity index (χ1n) is 9.62. The van der Waals surface area contributed by atoms with Gasteiger partial charge in [0.2, 0.25) is 0 Å². The molecule has 0 atom stereocenters. The quantitative estimate of drug-likeness (QED) is 0.528. The molecule has 0 radical (unpaired) electrons. The zero-order chi connectivity index (χ0) is 21.1. The number of methoxy groups -OCH3 is 1. The summed E-state index contributed by atoms with van der Waals surface area (Å²) < 4.78 is 11.5. The van der Waals surface area contributed by atoms with Crippen LogP contribution in [0, 0.1) is 6.92 Å². The first-order chi connectivity index (χ1) is 14.6. The van der Waals surface area contributed by atoms with Gasteiger partial charge in [0.1, 0.15) is 11.5 Å². The number of hydrogen-bond acceptors (Lipinski definition) is 4. The Morgan fingerprint density at radius 1 is 0.967 bits per heavy atom. The Kier molecular flexibility index (Phi) is 5.35. The fraction of sp³-hybridized carbons (Fsp3) is 0.120. The van der Waals surface area contributed by atoms with E-state index in [0.717, 1.165) is 11.1 Å². The van der Waals surface area contributed by atoms with Gasteiger partial charge in [0, 0.05) is 23.2 Å². The minimum absolute atomic E-state index is 0.144. The summed E-state index contributed by atoms with van der Waals surface area (Å²) >= 11 is 0. The van der Waals surface area contributed by atoms with E-state index in [1.54, 1.807) is 32.2 Å². The molecule has 0 saturated carbocycles. The standard InChI is InChI=1S/C25H21NO4/c1-16-22(27)19-12-8-13-20(24(19)30-23(16)17-9-4-3-5-10-17)25(28)26-15-18-11-6-7-14-21(18)29-2/h3-14H,15H2,1-2H3,(H,26,28).